The lowest BCUT2D eigenvalue weighted by Gasteiger charge is -2.22. The van der Waals surface area contributed by atoms with E-state index in [4.69, 9.17) is 0 Å². The summed E-state index contributed by atoms with van der Waals surface area (Å²) in [5.74, 6) is -0.194. The van der Waals surface area contributed by atoms with E-state index in [1.165, 1.54) is 12.1 Å². The fourth-order valence-corrected chi connectivity index (χ4v) is 4.29. The number of aryl methyl sites for hydroxylation is 1. The summed E-state index contributed by atoms with van der Waals surface area (Å²) in [6.07, 6.45) is -2.99. The predicted octanol–water partition coefficient (Wildman–Crippen LogP) is 4.49. The van der Waals surface area contributed by atoms with Gasteiger partial charge >= 0.3 is 6.18 Å². The maximum Gasteiger partial charge on any atom is 0.416 e. The number of nitrogens with zero attached hydrogens (tertiary/aromatic N) is 2. The number of rotatable bonds is 3. The molecule has 0 bridgehead atoms. The van der Waals surface area contributed by atoms with Gasteiger partial charge in [0.25, 0.3) is 5.91 Å². The smallest absolute Gasteiger partial charge is 0.341 e. The Labute approximate surface area is 179 Å². The van der Waals surface area contributed by atoms with Crippen LogP contribution < -0.4 is 0 Å². The van der Waals surface area contributed by atoms with Crippen molar-refractivity contribution in [2.75, 3.05) is 26.2 Å². The molecule has 1 saturated carbocycles. The minimum atomic E-state index is -4.36. The summed E-state index contributed by atoms with van der Waals surface area (Å²) in [7, 11) is 0. The van der Waals surface area contributed by atoms with Crippen LogP contribution in [0.2, 0.25) is 0 Å². The average Bonchev–Trinajstić information content (AvgIpc) is 3.56. The SMILES string of the molecule is Cc1cccc(C(=O)N2CCCN(C(=O)C3CC3c3ccc(C(F)(F)F)cc3)CC2)c1. The Morgan fingerprint density at radius 1 is 0.935 bits per heavy atom. The highest BCUT2D eigenvalue weighted by Gasteiger charge is 2.46. The van der Waals surface area contributed by atoms with E-state index in [2.05, 4.69) is 0 Å². The van der Waals surface area contributed by atoms with Gasteiger partial charge in [0.2, 0.25) is 5.91 Å². The van der Waals surface area contributed by atoms with E-state index in [0.29, 0.717) is 44.6 Å². The number of halogens is 3. The first-order valence-corrected chi connectivity index (χ1v) is 10.6. The quantitative estimate of drug-likeness (QED) is 0.720. The van der Waals surface area contributed by atoms with Crippen LogP contribution in [0.5, 0.6) is 0 Å². The van der Waals surface area contributed by atoms with Crippen molar-refractivity contribution in [1.29, 1.82) is 0 Å². The molecule has 4 rings (SSSR count). The Kier molecular flexibility index (Phi) is 5.77. The van der Waals surface area contributed by atoms with Crippen LogP contribution in [-0.2, 0) is 11.0 Å². The molecule has 1 aliphatic carbocycles. The Hall–Kier alpha value is -2.83. The fraction of sp³-hybridized carbons (Fsp3) is 0.417. The Bertz CT molecular complexity index is 972. The van der Waals surface area contributed by atoms with Gasteiger partial charge in [-0.25, -0.2) is 0 Å². The molecule has 0 spiro atoms. The van der Waals surface area contributed by atoms with Crippen molar-refractivity contribution in [3.8, 4) is 0 Å². The number of benzene rings is 2. The van der Waals surface area contributed by atoms with Crippen molar-refractivity contribution in [2.24, 2.45) is 5.92 Å². The number of amides is 2. The van der Waals surface area contributed by atoms with Gasteiger partial charge in [-0.15, -0.1) is 0 Å². The third-order valence-corrected chi connectivity index (χ3v) is 6.13. The largest absolute Gasteiger partial charge is 0.416 e. The number of hydrogen-bond acceptors (Lipinski definition) is 2. The molecule has 1 aliphatic heterocycles. The molecule has 2 unspecified atom stereocenters. The minimum Gasteiger partial charge on any atom is -0.341 e. The van der Waals surface area contributed by atoms with Crippen molar-refractivity contribution >= 4 is 11.8 Å². The molecule has 0 radical (unpaired) electrons. The van der Waals surface area contributed by atoms with E-state index in [0.717, 1.165) is 23.3 Å². The van der Waals surface area contributed by atoms with Crippen LogP contribution in [0.1, 0.15) is 45.8 Å². The van der Waals surface area contributed by atoms with Crippen molar-refractivity contribution in [3.05, 3.63) is 70.8 Å². The average molecular weight is 430 g/mol. The second-order valence-electron chi connectivity index (χ2n) is 8.41. The van der Waals surface area contributed by atoms with E-state index in [1.54, 1.807) is 9.80 Å². The van der Waals surface area contributed by atoms with Gasteiger partial charge in [0.15, 0.2) is 0 Å². The highest BCUT2D eigenvalue weighted by Crippen LogP contribution is 2.49. The van der Waals surface area contributed by atoms with E-state index in [-0.39, 0.29) is 23.7 Å². The Morgan fingerprint density at radius 2 is 1.61 bits per heavy atom. The molecule has 2 amide bonds. The van der Waals surface area contributed by atoms with Gasteiger partial charge in [0.05, 0.1) is 5.56 Å². The molecule has 0 aromatic heterocycles. The third-order valence-electron chi connectivity index (χ3n) is 6.13. The molecule has 164 valence electrons. The van der Waals surface area contributed by atoms with Crippen LogP contribution in [0, 0.1) is 12.8 Å². The molecular weight excluding hydrogens is 405 g/mol. The van der Waals surface area contributed by atoms with E-state index < -0.39 is 11.7 Å². The van der Waals surface area contributed by atoms with Gasteiger partial charge in [0, 0.05) is 37.7 Å². The molecule has 1 saturated heterocycles. The van der Waals surface area contributed by atoms with Crippen molar-refractivity contribution in [2.45, 2.75) is 31.9 Å². The van der Waals surface area contributed by atoms with Gasteiger partial charge in [-0.05, 0) is 55.5 Å². The van der Waals surface area contributed by atoms with Crippen LogP contribution in [0.4, 0.5) is 13.2 Å². The zero-order chi connectivity index (χ0) is 22.2. The molecule has 4 nitrogen and oxygen atoms in total. The lowest BCUT2D eigenvalue weighted by Crippen LogP contribution is -2.38. The fourth-order valence-electron chi connectivity index (χ4n) is 4.29. The summed E-state index contributed by atoms with van der Waals surface area (Å²) in [6.45, 7) is 4.10. The first kappa shape index (κ1) is 21.4. The Balaban J connectivity index is 1.35. The van der Waals surface area contributed by atoms with E-state index in [9.17, 15) is 22.8 Å². The summed E-state index contributed by atoms with van der Waals surface area (Å²) in [5.41, 5.74) is 1.79. The first-order chi connectivity index (χ1) is 14.7. The standard InChI is InChI=1S/C24H25F3N2O2/c1-16-4-2-5-18(14-16)22(30)28-10-3-11-29(13-12-28)23(31)21-15-20(21)17-6-8-19(9-7-17)24(25,26)27/h2,4-9,14,20-21H,3,10-13,15H2,1H3. The second kappa shape index (κ2) is 8.36. The number of carbonyl (C=O) groups excluding carboxylic acids is 2. The second-order valence-corrected chi connectivity index (χ2v) is 8.41. The van der Waals surface area contributed by atoms with Crippen LogP contribution >= 0.6 is 0 Å². The van der Waals surface area contributed by atoms with Crippen LogP contribution in [-0.4, -0.2) is 47.8 Å². The summed E-state index contributed by atoms with van der Waals surface area (Å²) in [5, 5.41) is 0. The van der Waals surface area contributed by atoms with Gasteiger partial charge in [-0.1, -0.05) is 29.8 Å². The number of alkyl halides is 3. The summed E-state index contributed by atoms with van der Waals surface area (Å²) >= 11 is 0. The van der Waals surface area contributed by atoms with Crippen molar-refractivity contribution in [3.63, 3.8) is 0 Å². The highest BCUT2D eigenvalue weighted by molar-refractivity contribution is 5.94. The minimum absolute atomic E-state index is 0.0212. The molecule has 2 aliphatic rings. The zero-order valence-corrected chi connectivity index (χ0v) is 17.4. The molecule has 2 atom stereocenters. The normalized spacial score (nSPS) is 21.5. The van der Waals surface area contributed by atoms with Gasteiger partial charge < -0.3 is 9.80 Å². The Morgan fingerprint density at radius 3 is 2.29 bits per heavy atom. The molecule has 2 fully saturated rings. The molecular formula is C24H25F3N2O2. The lowest BCUT2D eigenvalue weighted by molar-refractivity contribution is -0.137. The summed E-state index contributed by atoms with van der Waals surface area (Å²) in [6, 6.07) is 12.6. The van der Waals surface area contributed by atoms with Gasteiger partial charge in [-0.3, -0.25) is 9.59 Å². The predicted molar refractivity (Wildman–Crippen MR) is 111 cm³/mol. The first-order valence-electron chi connectivity index (χ1n) is 10.6. The van der Waals surface area contributed by atoms with Crippen LogP contribution in [0.25, 0.3) is 0 Å². The van der Waals surface area contributed by atoms with E-state index in [1.807, 2.05) is 31.2 Å². The van der Waals surface area contributed by atoms with E-state index >= 15 is 0 Å². The zero-order valence-electron chi connectivity index (χ0n) is 17.4. The van der Waals surface area contributed by atoms with Crippen molar-refractivity contribution < 1.29 is 22.8 Å². The maximum atomic E-state index is 13.0. The van der Waals surface area contributed by atoms with Crippen molar-refractivity contribution in [1.82, 2.24) is 9.80 Å². The lowest BCUT2D eigenvalue weighted by atomic mass is 10.1. The van der Waals surface area contributed by atoms with Crippen LogP contribution in [0.15, 0.2) is 48.5 Å². The van der Waals surface area contributed by atoms with Gasteiger partial charge in [-0.2, -0.15) is 13.2 Å². The molecule has 31 heavy (non-hydrogen) atoms. The van der Waals surface area contributed by atoms with Gasteiger partial charge in [0.1, 0.15) is 0 Å². The molecule has 0 N–H and O–H groups in total. The molecule has 2 aromatic carbocycles. The molecule has 2 aromatic rings. The summed E-state index contributed by atoms with van der Waals surface area (Å²) < 4.78 is 38.3. The monoisotopic (exact) mass is 430 g/mol. The molecule has 1 heterocycles. The number of hydrogen-bond donors (Lipinski definition) is 0. The van der Waals surface area contributed by atoms with Crippen LogP contribution in [0.3, 0.4) is 0 Å². The molecule has 7 heteroatoms. The topological polar surface area (TPSA) is 40.6 Å². The number of carbonyl (C=O) groups is 2. The third kappa shape index (κ3) is 4.75. The highest BCUT2D eigenvalue weighted by atomic mass is 19.4. The maximum absolute atomic E-state index is 13.0. The summed E-state index contributed by atoms with van der Waals surface area (Å²) in [4.78, 5) is 29.4.